The lowest BCUT2D eigenvalue weighted by Gasteiger charge is -2.33. The minimum Gasteiger partial charge on any atom is -0.493 e. The maximum absolute atomic E-state index is 14.0. The molecule has 3 aromatic carbocycles. The first kappa shape index (κ1) is 24.0. The Bertz CT molecular complexity index is 1800. The summed E-state index contributed by atoms with van der Waals surface area (Å²) in [6.07, 6.45) is -0.438. The second-order valence-corrected chi connectivity index (χ2v) is 11.5. The van der Waals surface area contributed by atoms with Crippen molar-refractivity contribution >= 4 is 49.9 Å². The van der Waals surface area contributed by atoms with Gasteiger partial charge in [-0.25, -0.2) is 9.69 Å². The first-order chi connectivity index (χ1) is 18.8. The Kier molecular flexibility index (Phi) is 5.07. The smallest absolute Gasteiger partial charge is 0.396 e. The number of hydrogen-bond acceptors (Lipinski definition) is 9. The number of nitrogens with zero attached hydrogens (tertiary/aromatic N) is 2. The van der Waals surface area contributed by atoms with Crippen LogP contribution in [0.25, 0.3) is 21.1 Å². The number of fused-ring (bicyclic) bond motifs is 7. The van der Waals surface area contributed by atoms with E-state index in [1.807, 2.05) is 0 Å². The van der Waals surface area contributed by atoms with Crippen molar-refractivity contribution in [1.29, 1.82) is 5.26 Å². The molecule has 0 spiro atoms. The summed E-state index contributed by atoms with van der Waals surface area (Å²) in [6, 6.07) is 17.7. The first-order valence-corrected chi connectivity index (χ1v) is 13.4. The summed E-state index contributed by atoms with van der Waals surface area (Å²) in [7, 11) is 0. The van der Waals surface area contributed by atoms with Gasteiger partial charge in [0.15, 0.2) is 0 Å². The van der Waals surface area contributed by atoms with E-state index in [2.05, 4.69) is 6.07 Å². The maximum atomic E-state index is 14.0. The number of imide groups is 1. The van der Waals surface area contributed by atoms with Gasteiger partial charge in [-0.1, -0.05) is 35.6 Å². The molecule has 9 nitrogen and oxygen atoms in total. The zero-order valence-electron chi connectivity index (χ0n) is 20.7. The van der Waals surface area contributed by atoms with Gasteiger partial charge in [-0.15, -0.1) is 0 Å². The molecule has 3 fully saturated rings. The maximum Gasteiger partial charge on any atom is 0.396 e. The van der Waals surface area contributed by atoms with Crippen molar-refractivity contribution in [3.8, 4) is 11.8 Å². The third-order valence-corrected chi connectivity index (χ3v) is 9.26. The van der Waals surface area contributed by atoms with Gasteiger partial charge >= 0.3 is 4.94 Å². The number of amides is 2. The van der Waals surface area contributed by atoms with E-state index in [-0.39, 0.29) is 25.4 Å². The number of carbonyl (C=O) groups excluding carboxylic acids is 2. The second-order valence-electron chi connectivity index (χ2n) is 10.5. The molecule has 39 heavy (non-hydrogen) atoms. The van der Waals surface area contributed by atoms with Gasteiger partial charge in [-0.3, -0.25) is 9.59 Å². The van der Waals surface area contributed by atoms with Crippen LogP contribution in [0.4, 0.5) is 5.69 Å². The van der Waals surface area contributed by atoms with Gasteiger partial charge < -0.3 is 19.0 Å². The van der Waals surface area contributed by atoms with Crippen LogP contribution >= 0.6 is 11.3 Å². The molecule has 0 unspecified atom stereocenters. The van der Waals surface area contributed by atoms with E-state index in [0.717, 1.165) is 11.3 Å². The van der Waals surface area contributed by atoms with Crippen molar-refractivity contribution in [2.45, 2.75) is 37.1 Å². The van der Waals surface area contributed by atoms with Crippen molar-refractivity contribution in [3.63, 3.8) is 0 Å². The highest BCUT2D eigenvalue weighted by atomic mass is 32.1. The fraction of sp³-hybridized carbons (Fsp3) is 0.310. The molecule has 5 atom stereocenters. The molecule has 7 rings (SSSR count). The van der Waals surface area contributed by atoms with Gasteiger partial charge in [0.2, 0.25) is 11.8 Å². The second kappa shape index (κ2) is 8.23. The molecule has 0 saturated carbocycles. The topological polar surface area (TPSA) is 130 Å². The van der Waals surface area contributed by atoms with Crippen LogP contribution in [0.1, 0.15) is 25.3 Å². The molecule has 2 amide bonds. The molecule has 10 heteroatoms. The van der Waals surface area contributed by atoms with Gasteiger partial charge in [-0.2, -0.15) is 5.26 Å². The molecule has 4 aromatic rings. The Morgan fingerprint density at radius 2 is 1.87 bits per heavy atom. The molecular weight excluding hydrogens is 520 g/mol. The number of hydrogen-bond donors (Lipinski definition) is 1. The lowest BCUT2D eigenvalue weighted by molar-refractivity contribution is -0.134. The number of benzene rings is 3. The van der Waals surface area contributed by atoms with Crippen molar-refractivity contribution < 1.29 is 28.6 Å². The minimum atomic E-state index is -1.21. The highest BCUT2D eigenvalue weighted by molar-refractivity contribution is 7.16. The van der Waals surface area contributed by atoms with Crippen molar-refractivity contribution in [3.05, 3.63) is 69.9 Å². The molecule has 3 aliphatic rings. The molecule has 3 aliphatic heterocycles. The van der Waals surface area contributed by atoms with E-state index < -0.39 is 40.0 Å². The highest BCUT2D eigenvalue weighted by Gasteiger charge is 2.77. The van der Waals surface area contributed by atoms with Crippen LogP contribution in [-0.4, -0.2) is 40.8 Å². The molecular formula is C29H22N2O7S. The molecule has 4 heterocycles. The molecule has 2 bridgehead atoms. The largest absolute Gasteiger partial charge is 0.493 e. The van der Waals surface area contributed by atoms with Crippen LogP contribution in [0.15, 0.2) is 63.8 Å². The normalized spacial score (nSPS) is 29.4. The number of aliphatic hydroxyl groups is 1. The third kappa shape index (κ3) is 3.27. The Morgan fingerprint density at radius 3 is 2.67 bits per heavy atom. The Morgan fingerprint density at radius 1 is 1.10 bits per heavy atom. The summed E-state index contributed by atoms with van der Waals surface area (Å²) in [6.45, 7) is 1.87. The van der Waals surface area contributed by atoms with E-state index in [0.29, 0.717) is 38.1 Å². The lowest BCUT2D eigenvalue weighted by Crippen LogP contribution is -2.49. The van der Waals surface area contributed by atoms with Crippen molar-refractivity contribution in [2.24, 2.45) is 11.8 Å². The summed E-state index contributed by atoms with van der Waals surface area (Å²) in [5, 5.41) is 21.8. The van der Waals surface area contributed by atoms with Gasteiger partial charge in [0.1, 0.15) is 16.9 Å². The molecule has 0 radical (unpaired) electrons. The summed E-state index contributed by atoms with van der Waals surface area (Å²) in [5.74, 6) is -1.88. The number of carbonyl (C=O) groups is 2. The summed E-state index contributed by atoms with van der Waals surface area (Å²) >= 11 is 0.984. The third-order valence-electron chi connectivity index (χ3n) is 8.47. The summed E-state index contributed by atoms with van der Waals surface area (Å²) in [5.41, 5.74) is -0.929. The van der Waals surface area contributed by atoms with Gasteiger partial charge in [0.05, 0.1) is 52.2 Å². The van der Waals surface area contributed by atoms with Crippen LogP contribution < -0.4 is 14.6 Å². The first-order valence-electron chi connectivity index (χ1n) is 12.6. The Hall–Kier alpha value is -4.04. The molecule has 196 valence electrons. The predicted octanol–water partition coefficient (Wildman–Crippen LogP) is 3.75. The number of rotatable bonds is 5. The quantitative estimate of drug-likeness (QED) is 0.378. The Labute approximate surface area is 225 Å². The standard InChI is InChI=1S/C29H22N2O7S/c1-28-22(32)13-29(38-28,10-11-36-16-7-9-20-21(12-16)39-27(35)37-20)24-23(28)25(33)31(26(24)34)19-8-6-15(14-30)17-4-2-3-5-18(17)19/h2-9,12,22-24,32H,10-11,13H2,1H3/t22-,23-,24+,28-,29+/m0/s1. The minimum absolute atomic E-state index is 0.172. The van der Waals surface area contributed by atoms with Crippen LogP contribution in [0, 0.1) is 23.2 Å². The van der Waals surface area contributed by atoms with Gasteiger partial charge in [-0.05, 0) is 31.2 Å². The number of ether oxygens (including phenoxy) is 2. The fourth-order valence-corrected chi connectivity index (χ4v) is 7.42. The monoisotopic (exact) mass is 542 g/mol. The zero-order valence-corrected chi connectivity index (χ0v) is 21.6. The fourth-order valence-electron chi connectivity index (χ4n) is 6.72. The molecule has 3 saturated heterocycles. The van der Waals surface area contributed by atoms with E-state index in [9.17, 15) is 24.8 Å². The van der Waals surface area contributed by atoms with Crippen LogP contribution in [0.3, 0.4) is 0 Å². The molecule has 1 N–H and O–H groups in total. The van der Waals surface area contributed by atoms with Gasteiger partial charge in [0.25, 0.3) is 0 Å². The number of nitriles is 1. The SMILES string of the molecule is C[C@]12O[C@](CCOc3ccc4oc(=O)sc4c3)(C[C@@H]1O)[C@H]1C(=O)N(c3ccc(C#N)c4ccccc34)C(=O)[C@H]12. The number of aliphatic hydroxyl groups excluding tert-OH is 1. The van der Waals surface area contributed by atoms with Crippen LogP contribution in [0.2, 0.25) is 0 Å². The lowest BCUT2D eigenvalue weighted by atomic mass is 9.66. The number of anilines is 1. The zero-order chi connectivity index (χ0) is 27.1. The summed E-state index contributed by atoms with van der Waals surface area (Å²) in [4.78, 5) is 40.2. The van der Waals surface area contributed by atoms with E-state index in [1.54, 1.807) is 61.5 Å². The van der Waals surface area contributed by atoms with E-state index in [1.165, 1.54) is 4.90 Å². The highest BCUT2D eigenvalue weighted by Crippen LogP contribution is 2.62. The van der Waals surface area contributed by atoms with Crippen LogP contribution in [-0.2, 0) is 14.3 Å². The summed E-state index contributed by atoms with van der Waals surface area (Å²) < 4.78 is 18.1. The molecule has 0 aliphatic carbocycles. The molecule has 1 aromatic heterocycles. The van der Waals surface area contributed by atoms with Crippen molar-refractivity contribution in [2.75, 3.05) is 11.5 Å². The van der Waals surface area contributed by atoms with E-state index in [4.69, 9.17) is 13.9 Å². The average molecular weight is 543 g/mol. The predicted molar refractivity (Wildman–Crippen MR) is 141 cm³/mol. The van der Waals surface area contributed by atoms with Crippen molar-refractivity contribution in [1.82, 2.24) is 0 Å². The van der Waals surface area contributed by atoms with E-state index >= 15 is 0 Å². The van der Waals surface area contributed by atoms with Gasteiger partial charge in [0, 0.05) is 29.7 Å². The Balaban J connectivity index is 1.21. The average Bonchev–Trinajstić information content (AvgIpc) is 3.58. The van der Waals surface area contributed by atoms with Crippen LogP contribution in [0.5, 0.6) is 5.75 Å².